The van der Waals surface area contributed by atoms with E-state index in [2.05, 4.69) is 11.4 Å². The van der Waals surface area contributed by atoms with Crippen molar-refractivity contribution in [3.05, 3.63) is 29.3 Å². The fraction of sp³-hybridized carbons (Fsp3) is 0.667. The predicted octanol–water partition coefficient (Wildman–Crippen LogP) is 5.43. The lowest BCUT2D eigenvalue weighted by Crippen LogP contribution is -2.41. The number of hydrogen-bond acceptors (Lipinski definition) is 4. The number of ketones is 1. The van der Waals surface area contributed by atoms with Crippen molar-refractivity contribution >= 4 is 17.6 Å². The summed E-state index contributed by atoms with van der Waals surface area (Å²) in [6.07, 6.45) is 8.03. The van der Waals surface area contributed by atoms with Crippen molar-refractivity contribution in [3.63, 3.8) is 0 Å². The van der Waals surface area contributed by atoms with Crippen LogP contribution in [0.3, 0.4) is 0 Å². The van der Waals surface area contributed by atoms with E-state index >= 15 is 0 Å². The summed E-state index contributed by atoms with van der Waals surface area (Å²) in [5.74, 6) is 0.974. The van der Waals surface area contributed by atoms with Gasteiger partial charge in [-0.1, -0.05) is 0 Å². The number of hydrogen-bond donors (Lipinski definition) is 1. The smallest absolute Gasteiger partial charge is 0.410 e. The maximum Gasteiger partial charge on any atom is 0.410 e. The number of nitrogens with zero attached hydrogens (tertiary/aromatic N) is 1. The number of rotatable bonds is 5. The Bertz CT molecular complexity index is 715. The van der Waals surface area contributed by atoms with E-state index in [1.807, 2.05) is 37.8 Å². The van der Waals surface area contributed by atoms with Crippen LogP contribution in [0.5, 0.6) is 0 Å². The van der Waals surface area contributed by atoms with Gasteiger partial charge in [0.2, 0.25) is 0 Å². The summed E-state index contributed by atoms with van der Waals surface area (Å²) in [5, 5.41) is 3.53. The number of Topliss-reactive ketones (excluding diaryl/α,β-unsaturated/α-hetero) is 1. The van der Waals surface area contributed by atoms with E-state index in [1.165, 1.54) is 12.0 Å². The first-order valence-corrected chi connectivity index (χ1v) is 11.2. The Morgan fingerprint density at radius 2 is 1.90 bits per heavy atom. The normalized spacial score (nSPS) is 18.2. The molecule has 1 saturated heterocycles. The Morgan fingerprint density at radius 3 is 2.62 bits per heavy atom. The van der Waals surface area contributed by atoms with Gasteiger partial charge in [-0.2, -0.15) is 0 Å². The van der Waals surface area contributed by atoms with Crippen LogP contribution < -0.4 is 5.32 Å². The van der Waals surface area contributed by atoms with Gasteiger partial charge in [-0.3, -0.25) is 4.79 Å². The average Bonchev–Trinajstić information content (AvgIpc) is 2.85. The number of carbonyl (C=O) groups is 2. The summed E-state index contributed by atoms with van der Waals surface area (Å²) in [6.45, 7) is 8.27. The van der Waals surface area contributed by atoms with Gasteiger partial charge in [0, 0.05) is 37.3 Å². The molecule has 1 heterocycles. The van der Waals surface area contributed by atoms with Crippen LogP contribution in [0, 0.1) is 5.92 Å². The molecule has 1 aromatic rings. The second-order valence-electron chi connectivity index (χ2n) is 9.48. The fourth-order valence-electron chi connectivity index (χ4n) is 4.27. The van der Waals surface area contributed by atoms with Crippen molar-refractivity contribution in [2.45, 2.75) is 77.7 Å². The Morgan fingerprint density at radius 1 is 1.17 bits per heavy atom. The summed E-state index contributed by atoms with van der Waals surface area (Å²) < 4.78 is 5.47. The highest BCUT2D eigenvalue weighted by atomic mass is 16.6. The molecule has 1 N–H and O–H groups in total. The largest absolute Gasteiger partial charge is 0.444 e. The first kappa shape index (κ1) is 21.7. The van der Waals surface area contributed by atoms with Crippen LogP contribution >= 0.6 is 0 Å². The van der Waals surface area contributed by atoms with Gasteiger partial charge in [0.25, 0.3) is 0 Å². The molecule has 5 nitrogen and oxygen atoms in total. The SMILES string of the molecule is CC(C)(C)OC(=O)N1CCC(CCCNc2ccc3c(c2)CCCCC3=O)CC1. The third-order valence-corrected chi connectivity index (χ3v) is 5.89. The molecule has 0 bridgehead atoms. The van der Waals surface area contributed by atoms with Crippen LogP contribution in [-0.2, 0) is 11.2 Å². The number of ether oxygens (including phenoxy) is 1. The number of aryl methyl sites for hydroxylation is 1. The average molecular weight is 401 g/mol. The fourth-order valence-corrected chi connectivity index (χ4v) is 4.27. The monoisotopic (exact) mass is 400 g/mol. The molecular weight excluding hydrogens is 364 g/mol. The molecule has 160 valence electrons. The van der Waals surface area contributed by atoms with E-state index < -0.39 is 5.60 Å². The first-order valence-electron chi connectivity index (χ1n) is 11.2. The lowest BCUT2D eigenvalue weighted by atomic mass is 9.92. The number of amides is 1. The molecule has 0 atom stereocenters. The molecule has 29 heavy (non-hydrogen) atoms. The van der Waals surface area contributed by atoms with E-state index in [4.69, 9.17) is 4.74 Å². The van der Waals surface area contributed by atoms with Crippen LogP contribution in [0.1, 0.15) is 81.6 Å². The van der Waals surface area contributed by atoms with Gasteiger partial charge in [-0.15, -0.1) is 0 Å². The molecule has 1 fully saturated rings. The lowest BCUT2D eigenvalue weighted by molar-refractivity contribution is 0.0181. The molecule has 1 aromatic carbocycles. The number of likely N-dealkylation sites (tertiary alicyclic amines) is 1. The standard InChI is InChI=1S/C24H36N2O3/c1-24(2,3)29-23(28)26-15-12-18(13-16-26)7-6-14-25-20-10-11-21-19(17-20)8-4-5-9-22(21)27/h10-11,17-18,25H,4-9,12-16H2,1-3H3. The van der Waals surface area contributed by atoms with Crippen LogP contribution in [-0.4, -0.2) is 42.0 Å². The van der Waals surface area contributed by atoms with Gasteiger partial charge in [0.15, 0.2) is 5.78 Å². The van der Waals surface area contributed by atoms with Crippen molar-refractivity contribution in [2.75, 3.05) is 25.0 Å². The first-order chi connectivity index (χ1) is 13.8. The minimum atomic E-state index is -0.428. The molecule has 3 rings (SSSR count). The lowest BCUT2D eigenvalue weighted by Gasteiger charge is -2.33. The summed E-state index contributed by atoms with van der Waals surface area (Å²) in [5.41, 5.74) is 2.82. The quantitative estimate of drug-likeness (QED) is 0.528. The molecule has 0 saturated carbocycles. The molecule has 1 amide bonds. The number of anilines is 1. The predicted molar refractivity (Wildman–Crippen MR) is 117 cm³/mol. The van der Waals surface area contributed by atoms with Crippen molar-refractivity contribution in [3.8, 4) is 0 Å². The van der Waals surface area contributed by atoms with E-state index in [1.54, 1.807) is 0 Å². The number of fused-ring (bicyclic) bond motifs is 1. The number of piperidine rings is 1. The van der Waals surface area contributed by atoms with E-state index in [0.29, 0.717) is 18.1 Å². The van der Waals surface area contributed by atoms with Crippen LogP contribution in [0.25, 0.3) is 0 Å². The van der Waals surface area contributed by atoms with Gasteiger partial charge >= 0.3 is 6.09 Å². The summed E-state index contributed by atoms with van der Waals surface area (Å²) in [6, 6.07) is 6.21. The summed E-state index contributed by atoms with van der Waals surface area (Å²) in [7, 11) is 0. The Hall–Kier alpha value is -2.04. The van der Waals surface area contributed by atoms with Gasteiger partial charge in [-0.05, 0) is 95.4 Å². The molecule has 0 aromatic heterocycles. The zero-order valence-electron chi connectivity index (χ0n) is 18.3. The number of nitrogens with one attached hydrogen (secondary N) is 1. The third-order valence-electron chi connectivity index (χ3n) is 5.89. The van der Waals surface area contributed by atoms with E-state index in [-0.39, 0.29) is 6.09 Å². The Labute approximate surface area is 175 Å². The third kappa shape index (κ3) is 6.48. The minimum Gasteiger partial charge on any atom is -0.444 e. The highest BCUT2D eigenvalue weighted by Gasteiger charge is 2.26. The highest BCUT2D eigenvalue weighted by Crippen LogP contribution is 2.25. The second kappa shape index (κ2) is 9.64. The maximum atomic E-state index is 12.2. The maximum absolute atomic E-state index is 12.2. The van der Waals surface area contributed by atoms with Crippen molar-refractivity contribution in [1.82, 2.24) is 4.90 Å². The van der Waals surface area contributed by atoms with Crippen LogP contribution in [0.15, 0.2) is 18.2 Å². The van der Waals surface area contributed by atoms with Gasteiger partial charge < -0.3 is 15.0 Å². The van der Waals surface area contributed by atoms with Crippen LogP contribution in [0.2, 0.25) is 0 Å². The van der Waals surface area contributed by atoms with Crippen LogP contribution in [0.4, 0.5) is 10.5 Å². The molecule has 0 radical (unpaired) electrons. The molecule has 5 heteroatoms. The highest BCUT2D eigenvalue weighted by molar-refractivity contribution is 5.98. The van der Waals surface area contributed by atoms with Gasteiger partial charge in [0.05, 0.1) is 0 Å². The molecule has 1 aliphatic carbocycles. The van der Waals surface area contributed by atoms with E-state index in [9.17, 15) is 9.59 Å². The van der Waals surface area contributed by atoms with Crippen molar-refractivity contribution < 1.29 is 14.3 Å². The molecule has 0 unspecified atom stereocenters. The number of benzene rings is 1. The molecule has 0 spiro atoms. The Balaban J connectivity index is 1.37. The number of carbonyl (C=O) groups excluding carboxylic acids is 2. The topological polar surface area (TPSA) is 58.6 Å². The zero-order valence-corrected chi connectivity index (χ0v) is 18.3. The molecular formula is C24H36N2O3. The summed E-state index contributed by atoms with van der Waals surface area (Å²) in [4.78, 5) is 26.1. The summed E-state index contributed by atoms with van der Waals surface area (Å²) >= 11 is 0. The minimum absolute atomic E-state index is 0.181. The second-order valence-corrected chi connectivity index (χ2v) is 9.48. The van der Waals surface area contributed by atoms with E-state index in [0.717, 1.165) is 69.4 Å². The molecule has 2 aliphatic rings. The van der Waals surface area contributed by atoms with Crippen molar-refractivity contribution in [2.24, 2.45) is 5.92 Å². The van der Waals surface area contributed by atoms with Gasteiger partial charge in [0.1, 0.15) is 5.60 Å². The van der Waals surface area contributed by atoms with Crippen molar-refractivity contribution in [1.29, 1.82) is 0 Å². The van der Waals surface area contributed by atoms with Gasteiger partial charge in [-0.25, -0.2) is 4.79 Å². The zero-order chi connectivity index (χ0) is 20.9. The Kier molecular flexibility index (Phi) is 7.20. The molecule has 1 aliphatic heterocycles.